The molecule has 4 rings (SSSR count). The Morgan fingerprint density at radius 3 is 2.86 bits per heavy atom. The number of carbonyl (C=O) groups excluding carboxylic acids is 2. The van der Waals surface area contributed by atoms with Crippen LogP contribution in [0, 0.1) is 5.92 Å². The van der Waals surface area contributed by atoms with Crippen molar-refractivity contribution in [3.8, 4) is 5.75 Å². The van der Waals surface area contributed by atoms with Gasteiger partial charge in [-0.15, -0.1) is 0 Å². The number of piperidine rings is 1. The molecule has 0 radical (unpaired) electrons. The van der Waals surface area contributed by atoms with Crippen LogP contribution in [-0.4, -0.2) is 63.7 Å². The van der Waals surface area contributed by atoms with E-state index in [1.54, 1.807) is 35.1 Å². The van der Waals surface area contributed by atoms with E-state index < -0.39 is 0 Å². The first-order valence-corrected chi connectivity index (χ1v) is 9.91. The number of nitrogens with zero attached hydrogens (tertiary/aromatic N) is 4. The maximum absolute atomic E-state index is 12.5. The highest BCUT2D eigenvalue weighted by molar-refractivity contribution is 6.30. The SMILES string of the molecule is O=C(COc1cccc(Cl)c1)N1CC[C@H]2[C@@H](C1)CN2C(=O)CCn1cccn1. The van der Waals surface area contributed by atoms with Gasteiger partial charge in [0.15, 0.2) is 6.61 Å². The summed E-state index contributed by atoms with van der Waals surface area (Å²) in [6.45, 7) is 2.67. The summed E-state index contributed by atoms with van der Waals surface area (Å²) in [5, 5.41) is 4.71. The van der Waals surface area contributed by atoms with Crippen molar-refractivity contribution >= 4 is 23.4 Å². The Labute approximate surface area is 168 Å². The average molecular weight is 403 g/mol. The van der Waals surface area contributed by atoms with Gasteiger partial charge in [0.25, 0.3) is 5.91 Å². The molecule has 0 spiro atoms. The predicted octanol–water partition coefficient (Wildman–Crippen LogP) is 2.06. The van der Waals surface area contributed by atoms with Crippen molar-refractivity contribution in [3.63, 3.8) is 0 Å². The van der Waals surface area contributed by atoms with E-state index >= 15 is 0 Å². The van der Waals surface area contributed by atoms with Crippen molar-refractivity contribution in [2.75, 3.05) is 26.2 Å². The highest BCUT2D eigenvalue weighted by Crippen LogP contribution is 2.33. The zero-order valence-corrected chi connectivity index (χ0v) is 16.3. The van der Waals surface area contributed by atoms with E-state index in [2.05, 4.69) is 5.10 Å². The molecule has 28 heavy (non-hydrogen) atoms. The number of hydrogen-bond donors (Lipinski definition) is 0. The van der Waals surface area contributed by atoms with Crippen LogP contribution in [0.15, 0.2) is 42.7 Å². The van der Waals surface area contributed by atoms with Crippen LogP contribution in [0.2, 0.25) is 5.02 Å². The van der Waals surface area contributed by atoms with Crippen LogP contribution in [0.4, 0.5) is 0 Å². The topological polar surface area (TPSA) is 67.7 Å². The highest BCUT2D eigenvalue weighted by Gasteiger charge is 2.45. The molecule has 2 aliphatic heterocycles. The van der Waals surface area contributed by atoms with Crippen molar-refractivity contribution < 1.29 is 14.3 Å². The van der Waals surface area contributed by atoms with Crippen LogP contribution >= 0.6 is 11.6 Å². The molecule has 7 nitrogen and oxygen atoms in total. The monoisotopic (exact) mass is 402 g/mol. The van der Waals surface area contributed by atoms with Crippen LogP contribution in [0.3, 0.4) is 0 Å². The molecule has 2 atom stereocenters. The first-order chi connectivity index (χ1) is 13.6. The van der Waals surface area contributed by atoms with Gasteiger partial charge in [-0.25, -0.2) is 0 Å². The van der Waals surface area contributed by atoms with Crippen LogP contribution in [0.5, 0.6) is 5.75 Å². The zero-order valence-electron chi connectivity index (χ0n) is 15.5. The maximum atomic E-state index is 12.5. The fourth-order valence-corrected chi connectivity index (χ4v) is 4.13. The molecule has 3 heterocycles. The van der Waals surface area contributed by atoms with Gasteiger partial charge < -0.3 is 14.5 Å². The maximum Gasteiger partial charge on any atom is 0.260 e. The lowest BCUT2D eigenvalue weighted by molar-refractivity contribution is -0.152. The first-order valence-electron chi connectivity index (χ1n) is 9.53. The Morgan fingerprint density at radius 1 is 1.21 bits per heavy atom. The molecular weight excluding hydrogens is 380 g/mol. The summed E-state index contributed by atoms with van der Waals surface area (Å²) < 4.78 is 7.33. The predicted molar refractivity (Wildman–Crippen MR) is 104 cm³/mol. The van der Waals surface area contributed by atoms with Gasteiger partial charge >= 0.3 is 0 Å². The fourth-order valence-electron chi connectivity index (χ4n) is 3.95. The van der Waals surface area contributed by atoms with Crippen molar-refractivity contribution in [3.05, 3.63) is 47.7 Å². The zero-order chi connectivity index (χ0) is 19.5. The molecule has 148 valence electrons. The van der Waals surface area contributed by atoms with Gasteiger partial charge in [0, 0.05) is 62.0 Å². The minimum atomic E-state index is -0.0260. The Morgan fingerprint density at radius 2 is 2.11 bits per heavy atom. The molecule has 0 aliphatic carbocycles. The number of amides is 2. The van der Waals surface area contributed by atoms with E-state index in [0.717, 1.165) is 13.0 Å². The summed E-state index contributed by atoms with van der Waals surface area (Å²) in [6, 6.07) is 9.14. The summed E-state index contributed by atoms with van der Waals surface area (Å²) in [5.74, 6) is 1.09. The number of fused-ring (bicyclic) bond motifs is 1. The minimum absolute atomic E-state index is 0.00421. The Balaban J connectivity index is 1.22. The third kappa shape index (κ3) is 4.14. The normalized spacial score (nSPS) is 21.0. The number of carbonyl (C=O) groups is 2. The summed E-state index contributed by atoms with van der Waals surface area (Å²) in [4.78, 5) is 28.7. The molecule has 0 bridgehead atoms. The number of halogens is 1. The van der Waals surface area contributed by atoms with Crippen molar-refractivity contribution in [1.82, 2.24) is 19.6 Å². The van der Waals surface area contributed by atoms with Crippen LogP contribution in [-0.2, 0) is 16.1 Å². The van der Waals surface area contributed by atoms with E-state index in [9.17, 15) is 9.59 Å². The van der Waals surface area contributed by atoms with E-state index in [1.807, 2.05) is 22.1 Å². The molecule has 0 N–H and O–H groups in total. The number of benzene rings is 1. The number of aromatic nitrogens is 2. The molecule has 2 fully saturated rings. The van der Waals surface area contributed by atoms with Crippen LogP contribution < -0.4 is 4.74 Å². The van der Waals surface area contributed by atoms with Gasteiger partial charge in [-0.05, 0) is 30.7 Å². The van der Waals surface area contributed by atoms with Crippen LogP contribution in [0.1, 0.15) is 12.8 Å². The third-order valence-electron chi connectivity index (χ3n) is 5.47. The van der Waals surface area contributed by atoms with Gasteiger partial charge in [0.2, 0.25) is 5.91 Å². The summed E-state index contributed by atoms with van der Waals surface area (Å²) in [7, 11) is 0. The molecule has 0 unspecified atom stereocenters. The highest BCUT2D eigenvalue weighted by atomic mass is 35.5. The number of rotatable bonds is 6. The smallest absolute Gasteiger partial charge is 0.260 e. The van der Waals surface area contributed by atoms with Gasteiger partial charge in [0.05, 0.1) is 0 Å². The summed E-state index contributed by atoms with van der Waals surface area (Å²) in [6.07, 6.45) is 4.86. The molecule has 0 saturated carbocycles. The molecule has 1 aromatic carbocycles. The van der Waals surface area contributed by atoms with Gasteiger partial charge in [-0.1, -0.05) is 17.7 Å². The standard InChI is InChI=1S/C20H23ClN4O3/c21-16-3-1-4-17(11-16)28-14-20(27)23-9-5-18-15(12-23)13-25(18)19(26)6-10-24-8-2-7-22-24/h1-4,7-8,11,15,18H,5-6,9-10,12-14H2/t15-,18-/m0/s1. The van der Waals surface area contributed by atoms with Crippen molar-refractivity contribution in [1.29, 1.82) is 0 Å². The molecule has 2 aliphatic rings. The molecule has 2 saturated heterocycles. The molecule has 2 aromatic rings. The fraction of sp³-hybridized carbons (Fsp3) is 0.450. The quantitative estimate of drug-likeness (QED) is 0.741. The van der Waals surface area contributed by atoms with Gasteiger partial charge in [-0.2, -0.15) is 5.10 Å². The number of likely N-dealkylation sites (tertiary alicyclic amines) is 2. The Hall–Kier alpha value is -2.54. The summed E-state index contributed by atoms with van der Waals surface area (Å²) >= 11 is 5.93. The number of hydrogen-bond acceptors (Lipinski definition) is 4. The average Bonchev–Trinajstić information content (AvgIpc) is 3.19. The van der Waals surface area contributed by atoms with E-state index in [4.69, 9.17) is 16.3 Å². The molecule has 1 aromatic heterocycles. The summed E-state index contributed by atoms with van der Waals surface area (Å²) in [5.41, 5.74) is 0. The van der Waals surface area contributed by atoms with E-state index in [0.29, 0.717) is 42.7 Å². The van der Waals surface area contributed by atoms with Gasteiger partial charge in [-0.3, -0.25) is 14.3 Å². The molecule has 2 amide bonds. The molecule has 8 heteroatoms. The lowest BCUT2D eigenvalue weighted by atomic mass is 9.82. The third-order valence-corrected chi connectivity index (χ3v) is 5.71. The number of ether oxygens (including phenoxy) is 1. The van der Waals surface area contributed by atoms with Gasteiger partial charge in [0.1, 0.15) is 5.75 Å². The lowest BCUT2D eigenvalue weighted by Gasteiger charge is -2.53. The number of aryl methyl sites for hydroxylation is 1. The van der Waals surface area contributed by atoms with Crippen molar-refractivity contribution in [2.24, 2.45) is 5.92 Å². The first kappa shape index (κ1) is 18.8. The Bertz CT molecular complexity index is 842. The lowest BCUT2D eigenvalue weighted by Crippen LogP contribution is -2.65. The minimum Gasteiger partial charge on any atom is -0.484 e. The second-order valence-corrected chi connectivity index (χ2v) is 7.70. The van der Waals surface area contributed by atoms with Crippen molar-refractivity contribution in [2.45, 2.75) is 25.4 Å². The second kappa shape index (κ2) is 8.22. The molecular formula is C20H23ClN4O3. The van der Waals surface area contributed by atoms with E-state index in [1.165, 1.54) is 0 Å². The van der Waals surface area contributed by atoms with Crippen LogP contribution in [0.25, 0.3) is 0 Å². The van der Waals surface area contributed by atoms with E-state index in [-0.39, 0.29) is 24.5 Å². The second-order valence-electron chi connectivity index (χ2n) is 7.27. The Kier molecular flexibility index (Phi) is 5.52. The largest absolute Gasteiger partial charge is 0.484 e.